The van der Waals surface area contributed by atoms with Crippen molar-refractivity contribution in [2.45, 2.75) is 45.6 Å². The molecule has 0 aromatic carbocycles. The van der Waals surface area contributed by atoms with Crippen molar-refractivity contribution in [1.82, 2.24) is 9.97 Å². The summed E-state index contributed by atoms with van der Waals surface area (Å²) in [6.07, 6.45) is 3.99. The van der Waals surface area contributed by atoms with Gasteiger partial charge in [0.1, 0.15) is 5.82 Å². The summed E-state index contributed by atoms with van der Waals surface area (Å²) in [4.78, 5) is 11.2. The van der Waals surface area contributed by atoms with Gasteiger partial charge in [-0.25, -0.2) is 4.98 Å². The summed E-state index contributed by atoms with van der Waals surface area (Å²) in [7, 11) is 0. The van der Waals surface area contributed by atoms with Gasteiger partial charge in [-0.2, -0.15) is 10.2 Å². The van der Waals surface area contributed by atoms with E-state index in [2.05, 4.69) is 33.2 Å². The van der Waals surface area contributed by atoms with Crippen LogP contribution in [0.2, 0.25) is 0 Å². The van der Waals surface area contributed by atoms with E-state index in [1.807, 2.05) is 13.0 Å². The SMILES string of the molecule is CCCNc1nc(C)cc(N(CCC#N)C2CC2)n1. The number of nitrogens with zero attached hydrogens (tertiary/aromatic N) is 4. The molecule has 1 N–H and O–H groups in total. The molecular weight excluding hydrogens is 238 g/mol. The van der Waals surface area contributed by atoms with Gasteiger partial charge in [-0.05, 0) is 26.2 Å². The van der Waals surface area contributed by atoms with Crippen LogP contribution in [-0.2, 0) is 0 Å². The third-order valence-electron chi connectivity index (χ3n) is 3.12. The van der Waals surface area contributed by atoms with E-state index in [9.17, 15) is 0 Å². The Hall–Kier alpha value is -1.83. The summed E-state index contributed by atoms with van der Waals surface area (Å²) < 4.78 is 0. The highest BCUT2D eigenvalue weighted by molar-refractivity contribution is 5.47. The van der Waals surface area contributed by atoms with Gasteiger partial charge in [0.05, 0.1) is 12.5 Å². The number of rotatable bonds is 7. The molecule has 0 aliphatic heterocycles. The highest BCUT2D eigenvalue weighted by Crippen LogP contribution is 2.31. The predicted octanol–water partition coefficient (Wildman–Crippen LogP) is 2.49. The standard InChI is InChI=1S/C14H21N5/c1-3-8-16-14-17-11(2)10-13(18-14)19(9-4-7-15)12-5-6-12/h10,12H,3-6,8-9H2,1-2H3,(H,16,17,18). The van der Waals surface area contributed by atoms with E-state index in [1.165, 1.54) is 12.8 Å². The fourth-order valence-electron chi connectivity index (χ4n) is 2.06. The van der Waals surface area contributed by atoms with Gasteiger partial charge >= 0.3 is 0 Å². The lowest BCUT2D eigenvalue weighted by molar-refractivity contribution is 0.773. The van der Waals surface area contributed by atoms with Crippen molar-refractivity contribution in [1.29, 1.82) is 5.26 Å². The normalized spacial score (nSPS) is 13.9. The minimum absolute atomic E-state index is 0.539. The van der Waals surface area contributed by atoms with Crippen LogP contribution in [0.4, 0.5) is 11.8 Å². The van der Waals surface area contributed by atoms with Crippen LogP contribution < -0.4 is 10.2 Å². The molecule has 1 aromatic rings. The smallest absolute Gasteiger partial charge is 0.224 e. The molecule has 0 saturated heterocycles. The first kappa shape index (κ1) is 13.6. The minimum atomic E-state index is 0.539. The Kier molecular flexibility index (Phi) is 4.56. The molecule has 1 saturated carbocycles. The van der Waals surface area contributed by atoms with Crippen LogP contribution in [0.15, 0.2) is 6.07 Å². The van der Waals surface area contributed by atoms with Crippen molar-refractivity contribution >= 4 is 11.8 Å². The topological polar surface area (TPSA) is 64.8 Å². The lowest BCUT2D eigenvalue weighted by Crippen LogP contribution is -2.28. The maximum absolute atomic E-state index is 8.77. The third-order valence-corrected chi connectivity index (χ3v) is 3.12. The predicted molar refractivity (Wildman–Crippen MR) is 76.1 cm³/mol. The van der Waals surface area contributed by atoms with Crippen LogP contribution in [0.5, 0.6) is 0 Å². The second-order valence-electron chi connectivity index (χ2n) is 4.95. The molecule has 2 rings (SSSR count). The van der Waals surface area contributed by atoms with Gasteiger partial charge in [0, 0.05) is 30.9 Å². The monoisotopic (exact) mass is 259 g/mol. The Morgan fingerprint density at radius 2 is 2.26 bits per heavy atom. The molecule has 0 amide bonds. The zero-order chi connectivity index (χ0) is 13.7. The Balaban J connectivity index is 2.16. The first-order valence-corrected chi connectivity index (χ1v) is 6.97. The highest BCUT2D eigenvalue weighted by Gasteiger charge is 2.30. The maximum Gasteiger partial charge on any atom is 0.224 e. The van der Waals surface area contributed by atoms with Crippen molar-refractivity contribution in [2.24, 2.45) is 0 Å². The minimum Gasteiger partial charge on any atom is -0.354 e. The molecule has 0 unspecified atom stereocenters. The van der Waals surface area contributed by atoms with Crippen molar-refractivity contribution in [3.8, 4) is 6.07 Å². The second kappa shape index (κ2) is 6.37. The van der Waals surface area contributed by atoms with Gasteiger partial charge < -0.3 is 10.2 Å². The van der Waals surface area contributed by atoms with Crippen LogP contribution in [0, 0.1) is 18.3 Å². The first-order chi connectivity index (χ1) is 9.24. The zero-order valence-corrected chi connectivity index (χ0v) is 11.7. The number of hydrogen-bond acceptors (Lipinski definition) is 5. The maximum atomic E-state index is 8.77. The Morgan fingerprint density at radius 1 is 1.47 bits per heavy atom. The number of aromatic nitrogens is 2. The molecule has 19 heavy (non-hydrogen) atoms. The van der Waals surface area contributed by atoms with E-state index in [-0.39, 0.29) is 0 Å². The average molecular weight is 259 g/mol. The van der Waals surface area contributed by atoms with Gasteiger partial charge in [-0.3, -0.25) is 0 Å². The van der Waals surface area contributed by atoms with Gasteiger partial charge in [0.2, 0.25) is 5.95 Å². The number of nitriles is 1. The van der Waals surface area contributed by atoms with Crippen molar-refractivity contribution < 1.29 is 0 Å². The molecule has 1 fully saturated rings. The van der Waals surface area contributed by atoms with E-state index < -0.39 is 0 Å². The number of hydrogen-bond donors (Lipinski definition) is 1. The fraction of sp³-hybridized carbons (Fsp3) is 0.643. The Bertz CT molecular complexity index is 461. The summed E-state index contributed by atoms with van der Waals surface area (Å²) in [5.74, 6) is 1.64. The van der Waals surface area contributed by atoms with Gasteiger partial charge in [0.15, 0.2) is 0 Å². The van der Waals surface area contributed by atoms with Crippen LogP contribution in [0.25, 0.3) is 0 Å². The number of anilines is 2. The molecule has 1 heterocycles. The quantitative estimate of drug-likeness (QED) is 0.815. The van der Waals surface area contributed by atoms with E-state index >= 15 is 0 Å². The fourth-order valence-corrected chi connectivity index (χ4v) is 2.06. The highest BCUT2D eigenvalue weighted by atomic mass is 15.3. The Morgan fingerprint density at radius 3 is 2.89 bits per heavy atom. The van der Waals surface area contributed by atoms with Gasteiger partial charge in [-0.15, -0.1) is 0 Å². The lowest BCUT2D eigenvalue weighted by atomic mass is 10.3. The van der Waals surface area contributed by atoms with E-state index in [4.69, 9.17) is 5.26 Å². The summed E-state index contributed by atoms with van der Waals surface area (Å²) in [5.41, 5.74) is 0.964. The zero-order valence-electron chi connectivity index (χ0n) is 11.7. The molecule has 5 heteroatoms. The van der Waals surface area contributed by atoms with Crippen LogP contribution in [0.1, 0.15) is 38.3 Å². The summed E-state index contributed by atoms with van der Waals surface area (Å²) in [5, 5.41) is 12.0. The molecule has 1 aliphatic rings. The largest absolute Gasteiger partial charge is 0.354 e. The van der Waals surface area contributed by atoms with Crippen LogP contribution >= 0.6 is 0 Å². The van der Waals surface area contributed by atoms with E-state index in [0.717, 1.165) is 31.0 Å². The van der Waals surface area contributed by atoms with E-state index in [0.29, 0.717) is 18.4 Å². The molecule has 0 spiro atoms. The lowest BCUT2D eigenvalue weighted by Gasteiger charge is -2.23. The average Bonchev–Trinajstić information content (AvgIpc) is 3.21. The number of aryl methyl sites for hydroxylation is 1. The molecule has 5 nitrogen and oxygen atoms in total. The van der Waals surface area contributed by atoms with E-state index in [1.54, 1.807) is 0 Å². The van der Waals surface area contributed by atoms with Crippen molar-refractivity contribution in [3.63, 3.8) is 0 Å². The molecule has 0 atom stereocenters. The van der Waals surface area contributed by atoms with Crippen molar-refractivity contribution in [3.05, 3.63) is 11.8 Å². The summed E-state index contributed by atoms with van der Waals surface area (Å²) in [6, 6.07) is 4.78. The number of nitrogens with one attached hydrogen (secondary N) is 1. The van der Waals surface area contributed by atoms with Crippen LogP contribution in [0.3, 0.4) is 0 Å². The second-order valence-corrected chi connectivity index (χ2v) is 4.95. The molecule has 102 valence electrons. The molecular formula is C14H21N5. The van der Waals surface area contributed by atoms with Gasteiger partial charge in [-0.1, -0.05) is 6.92 Å². The third kappa shape index (κ3) is 3.82. The first-order valence-electron chi connectivity index (χ1n) is 6.97. The van der Waals surface area contributed by atoms with Crippen LogP contribution in [-0.4, -0.2) is 29.1 Å². The summed E-state index contributed by atoms with van der Waals surface area (Å²) >= 11 is 0. The molecule has 0 bridgehead atoms. The molecule has 1 aliphatic carbocycles. The van der Waals surface area contributed by atoms with Crippen molar-refractivity contribution in [2.75, 3.05) is 23.3 Å². The molecule has 1 aromatic heterocycles. The Labute approximate surface area is 114 Å². The molecule has 0 radical (unpaired) electrons. The summed E-state index contributed by atoms with van der Waals surface area (Å²) in [6.45, 7) is 5.74. The van der Waals surface area contributed by atoms with Gasteiger partial charge in [0.25, 0.3) is 0 Å².